The van der Waals surface area contributed by atoms with E-state index in [1.54, 1.807) is 24.3 Å². The number of ketones is 1. The van der Waals surface area contributed by atoms with Crippen molar-refractivity contribution in [3.05, 3.63) is 35.4 Å². The Balaban J connectivity index is 1.56. The number of carbonyl (C=O) groups excluding carboxylic acids is 3. The molecule has 2 atom stereocenters. The van der Waals surface area contributed by atoms with Gasteiger partial charge >= 0.3 is 0 Å². The molecule has 1 saturated carbocycles. The summed E-state index contributed by atoms with van der Waals surface area (Å²) in [6.07, 6.45) is 5.54. The average molecular weight is 354 g/mol. The molecule has 0 unspecified atom stereocenters. The van der Waals surface area contributed by atoms with Crippen LogP contribution >= 0.6 is 0 Å². The molecule has 138 valence electrons. The summed E-state index contributed by atoms with van der Waals surface area (Å²) in [7, 11) is 0. The first-order valence-electron chi connectivity index (χ1n) is 9.74. The minimum atomic E-state index is -0.119. The van der Waals surface area contributed by atoms with E-state index in [9.17, 15) is 14.4 Å². The highest BCUT2D eigenvalue weighted by Crippen LogP contribution is 2.34. The van der Waals surface area contributed by atoms with E-state index in [2.05, 4.69) is 4.90 Å². The van der Waals surface area contributed by atoms with Crippen molar-refractivity contribution in [2.45, 2.75) is 45.1 Å². The molecule has 1 aliphatic carbocycles. The number of fused-ring (bicyclic) bond motifs is 4. The zero-order valence-corrected chi connectivity index (χ0v) is 15.3. The molecule has 0 aromatic heterocycles. The van der Waals surface area contributed by atoms with Crippen LogP contribution in [0.25, 0.3) is 0 Å². The molecule has 4 fully saturated rings. The van der Waals surface area contributed by atoms with Gasteiger partial charge < -0.3 is 9.80 Å². The second-order valence-corrected chi connectivity index (χ2v) is 8.03. The third-order valence-electron chi connectivity index (χ3n) is 6.30. The van der Waals surface area contributed by atoms with Gasteiger partial charge in [-0.1, -0.05) is 24.6 Å². The molecule has 2 amide bonds. The lowest BCUT2D eigenvalue weighted by Gasteiger charge is -2.40. The maximum Gasteiger partial charge on any atom is 0.254 e. The zero-order chi connectivity index (χ0) is 18.3. The molecule has 0 N–H and O–H groups in total. The normalized spacial score (nSPS) is 25.8. The molecule has 1 aromatic carbocycles. The van der Waals surface area contributed by atoms with Gasteiger partial charge in [-0.25, -0.2) is 0 Å². The van der Waals surface area contributed by atoms with E-state index < -0.39 is 0 Å². The second-order valence-electron chi connectivity index (χ2n) is 8.03. The topological polar surface area (TPSA) is 57.7 Å². The Morgan fingerprint density at radius 1 is 1.04 bits per heavy atom. The van der Waals surface area contributed by atoms with Crippen LogP contribution in [0.1, 0.15) is 59.7 Å². The van der Waals surface area contributed by atoms with Gasteiger partial charge in [0.1, 0.15) is 0 Å². The Morgan fingerprint density at radius 2 is 1.77 bits per heavy atom. The zero-order valence-electron chi connectivity index (χ0n) is 15.3. The third-order valence-corrected chi connectivity index (χ3v) is 6.30. The predicted octanol–water partition coefficient (Wildman–Crippen LogP) is 2.75. The van der Waals surface area contributed by atoms with Gasteiger partial charge in [0.15, 0.2) is 5.78 Å². The summed E-state index contributed by atoms with van der Waals surface area (Å²) in [6.45, 7) is 3.40. The Labute approximate surface area is 154 Å². The molecule has 3 saturated heterocycles. The lowest BCUT2D eigenvalue weighted by atomic mass is 9.83. The van der Waals surface area contributed by atoms with Crippen molar-refractivity contribution in [2.24, 2.45) is 11.8 Å². The lowest BCUT2D eigenvalue weighted by Crippen LogP contribution is -2.50. The van der Waals surface area contributed by atoms with E-state index in [-0.39, 0.29) is 29.6 Å². The van der Waals surface area contributed by atoms with E-state index >= 15 is 0 Å². The van der Waals surface area contributed by atoms with Gasteiger partial charge in [-0.05, 0) is 44.6 Å². The summed E-state index contributed by atoms with van der Waals surface area (Å²) in [6, 6.07) is 7.12. The molecule has 1 aromatic rings. The van der Waals surface area contributed by atoms with Gasteiger partial charge in [-0.3, -0.25) is 14.4 Å². The van der Waals surface area contributed by atoms with Crippen LogP contribution in [0.15, 0.2) is 24.3 Å². The van der Waals surface area contributed by atoms with Crippen molar-refractivity contribution >= 4 is 17.6 Å². The Morgan fingerprint density at radius 3 is 2.42 bits per heavy atom. The molecule has 0 spiro atoms. The smallest absolute Gasteiger partial charge is 0.254 e. The first-order valence-corrected chi connectivity index (χ1v) is 9.74. The van der Waals surface area contributed by atoms with Crippen LogP contribution in [0.4, 0.5) is 0 Å². The first kappa shape index (κ1) is 17.3. The van der Waals surface area contributed by atoms with Gasteiger partial charge in [-0.2, -0.15) is 0 Å². The summed E-state index contributed by atoms with van der Waals surface area (Å²) in [5, 5.41) is 0. The number of hydrogen-bond acceptors (Lipinski definition) is 3. The summed E-state index contributed by atoms with van der Waals surface area (Å²) < 4.78 is 0. The highest BCUT2D eigenvalue weighted by molar-refractivity contribution is 6.07. The van der Waals surface area contributed by atoms with Crippen molar-refractivity contribution in [3.8, 4) is 0 Å². The number of rotatable bonds is 4. The molecule has 3 heterocycles. The van der Waals surface area contributed by atoms with Gasteiger partial charge in [0, 0.05) is 31.2 Å². The first-order chi connectivity index (χ1) is 12.5. The SMILES string of the molecule is CC(=O)c1ccccc1C(=O)N1C[C@H]2CC[C@@H](C1)N(CC1CCC1)C2=O. The van der Waals surface area contributed by atoms with Crippen molar-refractivity contribution in [2.75, 3.05) is 19.6 Å². The molecule has 5 rings (SSSR count). The van der Waals surface area contributed by atoms with Crippen molar-refractivity contribution in [1.82, 2.24) is 9.80 Å². The minimum Gasteiger partial charge on any atom is -0.337 e. The van der Waals surface area contributed by atoms with E-state index in [0.717, 1.165) is 19.4 Å². The number of piperidine rings is 1. The molecule has 5 nitrogen and oxygen atoms in total. The number of hydrogen-bond donors (Lipinski definition) is 0. The Kier molecular flexibility index (Phi) is 4.55. The van der Waals surface area contributed by atoms with Gasteiger partial charge in [0.2, 0.25) is 5.91 Å². The van der Waals surface area contributed by atoms with Gasteiger partial charge in [0.05, 0.1) is 11.5 Å². The van der Waals surface area contributed by atoms with E-state index in [4.69, 9.17) is 0 Å². The van der Waals surface area contributed by atoms with Crippen LogP contribution in [0.3, 0.4) is 0 Å². The molecule has 0 radical (unpaired) electrons. The fraction of sp³-hybridized carbons (Fsp3) is 0.571. The summed E-state index contributed by atoms with van der Waals surface area (Å²) in [5.74, 6) is 0.548. The van der Waals surface area contributed by atoms with Gasteiger partial charge in [-0.15, -0.1) is 0 Å². The Hall–Kier alpha value is -2.17. The second kappa shape index (κ2) is 6.86. The number of carbonyl (C=O) groups is 3. The number of nitrogens with zero attached hydrogens (tertiary/aromatic N) is 2. The predicted molar refractivity (Wildman–Crippen MR) is 97.9 cm³/mol. The summed E-state index contributed by atoms with van der Waals surface area (Å²) >= 11 is 0. The van der Waals surface area contributed by atoms with Crippen molar-refractivity contribution < 1.29 is 14.4 Å². The standard InChI is InChI=1S/C21H26N2O3/c1-14(24)18-7-2-3-8-19(18)21(26)22-12-16-9-10-17(13-22)23(20(16)25)11-15-5-4-6-15/h2-3,7-8,15-17H,4-6,9-13H2,1H3/t16-,17+/m1/s1. The monoisotopic (exact) mass is 354 g/mol. The van der Waals surface area contributed by atoms with Crippen LogP contribution < -0.4 is 0 Å². The number of amides is 2. The van der Waals surface area contributed by atoms with Crippen LogP contribution in [-0.2, 0) is 4.79 Å². The molecule has 3 aliphatic heterocycles. The highest BCUT2D eigenvalue weighted by atomic mass is 16.2. The average Bonchev–Trinajstić information content (AvgIpc) is 2.89. The maximum absolute atomic E-state index is 13.1. The molecule has 5 heteroatoms. The fourth-order valence-corrected chi connectivity index (χ4v) is 4.55. The van der Waals surface area contributed by atoms with Crippen molar-refractivity contribution in [3.63, 3.8) is 0 Å². The van der Waals surface area contributed by atoms with Crippen LogP contribution in [-0.4, -0.2) is 53.1 Å². The van der Waals surface area contributed by atoms with E-state index in [1.165, 1.54) is 26.2 Å². The van der Waals surface area contributed by atoms with E-state index in [1.807, 2.05) is 4.90 Å². The third kappa shape index (κ3) is 3.04. The fourth-order valence-electron chi connectivity index (χ4n) is 4.55. The summed E-state index contributed by atoms with van der Waals surface area (Å²) in [4.78, 5) is 41.8. The lowest BCUT2D eigenvalue weighted by molar-refractivity contribution is -0.141. The molecule has 26 heavy (non-hydrogen) atoms. The molecule has 2 bridgehead atoms. The summed E-state index contributed by atoms with van der Waals surface area (Å²) in [5.41, 5.74) is 0.922. The maximum atomic E-state index is 13.1. The number of Topliss-reactive ketones (excluding diaryl/α,β-unsaturated/α-hetero) is 1. The molecule has 4 aliphatic rings. The van der Waals surface area contributed by atoms with Crippen LogP contribution in [0, 0.1) is 11.8 Å². The molecular formula is C21H26N2O3. The van der Waals surface area contributed by atoms with Gasteiger partial charge in [0.25, 0.3) is 5.91 Å². The van der Waals surface area contributed by atoms with Crippen molar-refractivity contribution in [1.29, 1.82) is 0 Å². The Bertz CT molecular complexity index is 741. The van der Waals surface area contributed by atoms with Crippen LogP contribution in [0.5, 0.6) is 0 Å². The number of benzene rings is 1. The van der Waals surface area contributed by atoms with E-state index in [0.29, 0.717) is 30.1 Å². The molecular weight excluding hydrogens is 328 g/mol. The minimum absolute atomic E-state index is 0.0951. The largest absolute Gasteiger partial charge is 0.337 e. The highest BCUT2D eigenvalue weighted by Gasteiger charge is 2.43. The quantitative estimate of drug-likeness (QED) is 0.781. The van der Waals surface area contributed by atoms with Crippen LogP contribution in [0.2, 0.25) is 0 Å².